The lowest BCUT2D eigenvalue weighted by atomic mass is 10.2. The molecule has 4 nitrogen and oxygen atoms in total. The molecule has 0 saturated heterocycles. The van der Waals surface area contributed by atoms with E-state index >= 15 is 0 Å². The molecule has 1 unspecified atom stereocenters. The average molecular weight is 196 g/mol. The van der Waals surface area contributed by atoms with Gasteiger partial charge in [0.1, 0.15) is 11.9 Å². The van der Waals surface area contributed by atoms with E-state index in [1.165, 1.54) is 0 Å². The highest BCUT2D eigenvalue weighted by atomic mass is 16.5. The van der Waals surface area contributed by atoms with Gasteiger partial charge in [0.2, 0.25) is 0 Å². The van der Waals surface area contributed by atoms with E-state index in [0.717, 1.165) is 11.3 Å². The number of pyridine rings is 1. The molecule has 4 heteroatoms. The minimum absolute atomic E-state index is 0.00880. The smallest absolute Gasteiger partial charge is 0.142 e. The number of hydrogen-bond acceptors (Lipinski definition) is 4. The highest BCUT2D eigenvalue weighted by Gasteiger charge is 2.06. The third-order valence-electron chi connectivity index (χ3n) is 1.82. The molecule has 1 rings (SSSR count). The summed E-state index contributed by atoms with van der Waals surface area (Å²) in [6.45, 7) is 2.95. The van der Waals surface area contributed by atoms with Crippen LogP contribution in [-0.4, -0.2) is 24.8 Å². The lowest BCUT2D eigenvalue weighted by Crippen LogP contribution is -2.19. The maximum Gasteiger partial charge on any atom is 0.142 e. The molecule has 0 bridgehead atoms. The van der Waals surface area contributed by atoms with Crippen LogP contribution in [0, 0.1) is 0 Å². The molecule has 14 heavy (non-hydrogen) atoms. The maximum atomic E-state index is 5.61. The van der Waals surface area contributed by atoms with E-state index in [1.807, 2.05) is 13.0 Å². The number of nitrogens with two attached hydrogens (primary N) is 1. The van der Waals surface area contributed by atoms with Gasteiger partial charge in [0.05, 0.1) is 12.8 Å². The van der Waals surface area contributed by atoms with Crippen molar-refractivity contribution in [2.75, 3.05) is 13.7 Å². The second-order valence-electron chi connectivity index (χ2n) is 3.07. The number of aromatic nitrogens is 1. The molecule has 0 aliphatic rings. The van der Waals surface area contributed by atoms with E-state index in [4.69, 9.17) is 15.2 Å². The lowest BCUT2D eigenvalue weighted by Gasteiger charge is -2.15. The summed E-state index contributed by atoms with van der Waals surface area (Å²) in [5.41, 5.74) is 6.52. The molecule has 0 aromatic carbocycles. The average Bonchev–Trinajstić information content (AvgIpc) is 2.19. The summed E-state index contributed by atoms with van der Waals surface area (Å²) in [4.78, 5) is 3.99. The van der Waals surface area contributed by atoms with Gasteiger partial charge in [-0.3, -0.25) is 4.98 Å². The van der Waals surface area contributed by atoms with Gasteiger partial charge in [0.25, 0.3) is 0 Å². The summed E-state index contributed by atoms with van der Waals surface area (Å²) >= 11 is 0. The number of hydrogen-bond donors (Lipinski definition) is 1. The first kappa shape index (κ1) is 10.9. The molecule has 78 valence electrons. The van der Waals surface area contributed by atoms with Crippen molar-refractivity contribution in [3.63, 3.8) is 0 Å². The molecule has 0 amide bonds. The Kier molecular flexibility index (Phi) is 4.35. The van der Waals surface area contributed by atoms with Crippen LogP contribution in [0.15, 0.2) is 18.5 Å². The molecule has 1 aromatic rings. The summed E-state index contributed by atoms with van der Waals surface area (Å²) in [7, 11) is 1.65. The zero-order chi connectivity index (χ0) is 10.4. The van der Waals surface area contributed by atoms with E-state index in [2.05, 4.69) is 4.98 Å². The SMILES string of the molecule is COCC(C)Oc1cnccc1CN. The number of methoxy groups -OCH3 is 1. The summed E-state index contributed by atoms with van der Waals surface area (Å²) in [5.74, 6) is 0.736. The first-order chi connectivity index (χ1) is 6.77. The van der Waals surface area contributed by atoms with Gasteiger partial charge >= 0.3 is 0 Å². The quantitative estimate of drug-likeness (QED) is 0.762. The molecule has 0 saturated carbocycles. The van der Waals surface area contributed by atoms with Crippen molar-refractivity contribution >= 4 is 0 Å². The van der Waals surface area contributed by atoms with Crippen molar-refractivity contribution in [3.8, 4) is 5.75 Å². The van der Waals surface area contributed by atoms with Crippen molar-refractivity contribution in [2.24, 2.45) is 5.73 Å². The van der Waals surface area contributed by atoms with Crippen LogP contribution in [0.25, 0.3) is 0 Å². The van der Waals surface area contributed by atoms with Gasteiger partial charge in [-0.1, -0.05) is 0 Å². The monoisotopic (exact) mass is 196 g/mol. The largest absolute Gasteiger partial charge is 0.486 e. The van der Waals surface area contributed by atoms with Gasteiger partial charge in [-0.15, -0.1) is 0 Å². The highest BCUT2D eigenvalue weighted by Crippen LogP contribution is 2.16. The van der Waals surface area contributed by atoms with Crippen molar-refractivity contribution < 1.29 is 9.47 Å². The minimum Gasteiger partial charge on any atom is -0.486 e. The molecule has 1 atom stereocenters. The Labute approximate surface area is 84.0 Å². The van der Waals surface area contributed by atoms with Crippen LogP contribution in [0.1, 0.15) is 12.5 Å². The van der Waals surface area contributed by atoms with E-state index in [0.29, 0.717) is 13.2 Å². The number of ether oxygens (including phenoxy) is 2. The lowest BCUT2D eigenvalue weighted by molar-refractivity contribution is 0.0912. The van der Waals surface area contributed by atoms with Crippen molar-refractivity contribution in [1.29, 1.82) is 0 Å². The highest BCUT2D eigenvalue weighted by molar-refractivity contribution is 5.29. The Morgan fingerprint density at radius 3 is 3.00 bits per heavy atom. The maximum absolute atomic E-state index is 5.61. The van der Waals surface area contributed by atoms with Crippen LogP contribution in [-0.2, 0) is 11.3 Å². The second-order valence-corrected chi connectivity index (χ2v) is 3.07. The fraction of sp³-hybridized carbons (Fsp3) is 0.500. The van der Waals surface area contributed by atoms with Crippen LogP contribution in [0.3, 0.4) is 0 Å². The molecule has 0 aliphatic carbocycles. The van der Waals surface area contributed by atoms with Crippen LogP contribution in [0.2, 0.25) is 0 Å². The predicted octanol–water partition coefficient (Wildman–Crippen LogP) is 0.954. The summed E-state index contributed by atoms with van der Waals surface area (Å²) < 4.78 is 10.6. The van der Waals surface area contributed by atoms with Crippen molar-refractivity contribution in [1.82, 2.24) is 4.98 Å². The zero-order valence-electron chi connectivity index (χ0n) is 8.56. The Balaban J connectivity index is 2.65. The molecule has 1 heterocycles. The van der Waals surface area contributed by atoms with Crippen molar-refractivity contribution in [2.45, 2.75) is 19.6 Å². The Morgan fingerprint density at radius 2 is 2.36 bits per heavy atom. The summed E-state index contributed by atoms with van der Waals surface area (Å²) in [6, 6.07) is 1.86. The van der Waals surface area contributed by atoms with E-state index in [-0.39, 0.29) is 6.10 Å². The third kappa shape index (κ3) is 2.97. The molecule has 0 fully saturated rings. The normalized spacial score (nSPS) is 12.5. The van der Waals surface area contributed by atoms with Gasteiger partial charge in [-0.05, 0) is 13.0 Å². The molecule has 2 N–H and O–H groups in total. The Hall–Kier alpha value is -1.13. The molecular formula is C10H16N2O2. The van der Waals surface area contributed by atoms with Crippen molar-refractivity contribution in [3.05, 3.63) is 24.0 Å². The topological polar surface area (TPSA) is 57.4 Å². The molecular weight excluding hydrogens is 180 g/mol. The van der Waals surface area contributed by atoms with E-state index < -0.39 is 0 Å². The van der Waals surface area contributed by atoms with Crippen LogP contribution < -0.4 is 10.5 Å². The number of rotatable bonds is 5. The number of nitrogens with zero attached hydrogens (tertiary/aromatic N) is 1. The minimum atomic E-state index is 0.00880. The third-order valence-corrected chi connectivity index (χ3v) is 1.82. The Morgan fingerprint density at radius 1 is 1.57 bits per heavy atom. The van der Waals surface area contributed by atoms with Crippen LogP contribution >= 0.6 is 0 Å². The first-order valence-electron chi connectivity index (χ1n) is 4.56. The van der Waals surface area contributed by atoms with E-state index in [1.54, 1.807) is 19.5 Å². The molecule has 0 spiro atoms. The first-order valence-corrected chi connectivity index (χ1v) is 4.56. The summed E-state index contributed by atoms with van der Waals surface area (Å²) in [6.07, 6.45) is 3.39. The van der Waals surface area contributed by atoms with Gasteiger partial charge in [-0.2, -0.15) is 0 Å². The molecule has 0 radical (unpaired) electrons. The fourth-order valence-electron chi connectivity index (χ4n) is 1.17. The van der Waals surface area contributed by atoms with Gasteiger partial charge in [0.15, 0.2) is 0 Å². The summed E-state index contributed by atoms with van der Waals surface area (Å²) in [5, 5.41) is 0. The molecule has 1 aromatic heterocycles. The Bertz CT molecular complexity index is 279. The second kappa shape index (κ2) is 5.57. The van der Waals surface area contributed by atoms with E-state index in [9.17, 15) is 0 Å². The van der Waals surface area contributed by atoms with Crippen LogP contribution in [0.5, 0.6) is 5.75 Å². The van der Waals surface area contributed by atoms with Crippen LogP contribution in [0.4, 0.5) is 0 Å². The van der Waals surface area contributed by atoms with Gasteiger partial charge in [-0.25, -0.2) is 0 Å². The standard InChI is InChI=1S/C10H16N2O2/c1-8(7-13-2)14-10-6-12-4-3-9(10)5-11/h3-4,6,8H,5,7,11H2,1-2H3. The van der Waals surface area contributed by atoms with Gasteiger partial charge < -0.3 is 15.2 Å². The zero-order valence-corrected chi connectivity index (χ0v) is 8.56. The molecule has 0 aliphatic heterocycles. The fourth-order valence-corrected chi connectivity index (χ4v) is 1.17. The predicted molar refractivity (Wildman–Crippen MR) is 54.1 cm³/mol. The van der Waals surface area contributed by atoms with Gasteiger partial charge in [0, 0.05) is 25.4 Å².